The van der Waals surface area contributed by atoms with E-state index in [2.05, 4.69) is 0 Å². The Kier molecular flexibility index (Phi) is 3.15. The summed E-state index contributed by atoms with van der Waals surface area (Å²) >= 11 is 0. The van der Waals surface area contributed by atoms with Crippen LogP contribution in [0.2, 0.25) is 0 Å². The van der Waals surface area contributed by atoms with Crippen molar-refractivity contribution in [2.24, 2.45) is 5.73 Å². The number of hydrogen-bond donors (Lipinski definition) is 1. The molecule has 1 saturated carbocycles. The first-order valence-electron chi connectivity index (χ1n) is 5.69. The maximum Gasteiger partial charge on any atom is 0.129 e. The van der Waals surface area contributed by atoms with E-state index >= 15 is 0 Å². The standard InChI is InChI=1S/C13H19NO3/c1-15-9-6-11(16-2)10(12(7-9)17-3)8-13(14)4-5-13/h6-7H,4-5,8,14H2,1-3H3. The Morgan fingerprint density at radius 2 is 1.59 bits per heavy atom. The van der Waals surface area contributed by atoms with Crippen LogP contribution in [0.15, 0.2) is 12.1 Å². The highest BCUT2D eigenvalue weighted by molar-refractivity contribution is 5.51. The predicted molar refractivity (Wildman–Crippen MR) is 66.0 cm³/mol. The average Bonchev–Trinajstić information content (AvgIpc) is 3.07. The van der Waals surface area contributed by atoms with Crippen molar-refractivity contribution >= 4 is 0 Å². The smallest absolute Gasteiger partial charge is 0.129 e. The third kappa shape index (κ3) is 2.47. The van der Waals surface area contributed by atoms with Gasteiger partial charge in [0.25, 0.3) is 0 Å². The van der Waals surface area contributed by atoms with Gasteiger partial charge in [0.05, 0.1) is 21.3 Å². The molecule has 0 spiro atoms. The Hall–Kier alpha value is -1.42. The molecular weight excluding hydrogens is 218 g/mol. The molecule has 0 unspecified atom stereocenters. The fourth-order valence-corrected chi connectivity index (χ4v) is 1.94. The SMILES string of the molecule is COc1cc(OC)c(CC2(N)CC2)c(OC)c1. The Morgan fingerprint density at radius 3 is 1.94 bits per heavy atom. The van der Waals surface area contributed by atoms with E-state index in [-0.39, 0.29) is 5.54 Å². The van der Waals surface area contributed by atoms with Gasteiger partial charge in [0.2, 0.25) is 0 Å². The summed E-state index contributed by atoms with van der Waals surface area (Å²) < 4.78 is 16.0. The molecule has 2 N–H and O–H groups in total. The minimum atomic E-state index is -0.0743. The zero-order valence-corrected chi connectivity index (χ0v) is 10.6. The van der Waals surface area contributed by atoms with Crippen LogP contribution in [0.4, 0.5) is 0 Å². The van der Waals surface area contributed by atoms with Crippen LogP contribution in [0.5, 0.6) is 17.2 Å². The second kappa shape index (κ2) is 4.45. The lowest BCUT2D eigenvalue weighted by Gasteiger charge is -2.17. The summed E-state index contributed by atoms with van der Waals surface area (Å²) in [5.74, 6) is 2.28. The van der Waals surface area contributed by atoms with Gasteiger partial charge in [0.15, 0.2) is 0 Å². The summed E-state index contributed by atoms with van der Waals surface area (Å²) in [5.41, 5.74) is 7.10. The molecule has 4 nitrogen and oxygen atoms in total. The highest BCUT2D eigenvalue weighted by Crippen LogP contribution is 2.42. The van der Waals surface area contributed by atoms with E-state index in [1.54, 1.807) is 21.3 Å². The van der Waals surface area contributed by atoms with E-state index in [9.17, 15) is 0 Å². The van der Waals surface area contributed by atoms with Crippen LogP contribution in [0, 0.1) is 0 Å². The molecule has 1 aromatic rings. The molecule has 0 saturated heterocycles. The molecule has 2 rings (SSSR count). The van der Waals surface area contributed by atoms with Crippen LogP contribution in [0.3, 0.4) is 0 Å². The molecule has 0 atom stereocenters. The Bertz CT molecular complexity index is 388. The molecule has 0 amide bonds. The summed E-state index contributed by atoms with van der Waals surface area (Å²) in [7, 11) is 4.92. The highest BCUT2D eigenvalue weighted by atomic mass is 16.5. The summed E-state index contributed by atoms with van der Waals surface area (Å²) in [6, 6.07) is 3.73. The third-order valence-electron chi connectivity index (χ3n) is 3.24. The predicted octanol–water partition coefficient (Wildman–Crippen LogP) is 1.75. The molecule has 17 heavy (non-hydrogen) atoms. The molecule has 0 radical (unpaired) electrons. The average molecular weight is 237 g/mol. The second-order valence-corrected chi connectivity index (χ2v) is 4.55. The van der Waals surface area contributed by atoms with E-state index in [1.807, 2.05) is 12.1 Å². The molecule has 1 aliphatic carbocycles. The van der Waals surface area contributed by atoms with Crippen LogP contribution in [0.25, 0.3) is 0 Å². The molecule has 4 heteroatoms. The summed E-state index contributed by atoms with van der Waals surface area (Å²) in [6.07, 6.45) is 2.90. The minimum absolute atomic E-state index is 0.0743. The maximum atomic E-state index is 6.15. The quantitative estimate of drug-likeness (QED) is 0.847. The van der Waals surface area contributed by atoms with Crippen molar-refractivity contribution in [2.45, 2.75) is 24.8 Å². The summed E-state index contributed by atoms with van der Waals surface area (Å²) in [5, 5.41) is 0. The van der Waals surface area contributed by atoms with E-state index in [0.717, 1.165) is 42.1 Å². The maximum absolute atomic E-state index is 6.15. The Balaban J connectivity index is 2.39. The first kappa shape index (κ1) is 12.0. The lowest BCUT2D eigenvalue weighted by Crippen LogP contribution is -2.25. The van der Waals surface area contributed by atoms with E-state index in [0.29, 0.717) is 0 Å². The van der Waals surface area contributed by atoms with Gasteiger partial charge in [-0.1, -0.05) is 0 Å². The molecule has 0 bridgehead atoms. The lowest BCUT2D eigenvalue weighted by molar-refractivity contribution is 0.366. The van der Waals surface area contributed by atoms with Gasteiger partial charge in [0.1, 0.15) is 17.2 Å². The fraction of sp³-hybridized carbons (Fsp3) is 0.538. The van der Waals surface area contributed by atoms with Gasteiger partial charge < -0.3 is 19.9 Å². The monoisotopic (exact) mass is 237 g/mol. The zero-order chi connectivity index (χ0) is 12.5. The second-order valence-electron chi connectivity index (χ2n) is 4.55. The highest BCUT2D eigenvalue weighted by Gasteiger charge is 2.39. The Labute approximate surface area is 102 Å². The molecule has 1 fully saturated rings. The van der Waals surface area contributed by atoms with Crippen LogP contribution in [-0.4, -0.2) is 26.9 Å². The number of rotatable bonds is 5. The first-order chi connectivity index (χ1) is 8.11. The van der Waals surface area contributed by atoms with Gasteiger partial charge >= 0.3 is 0 Å². The molecule has 0 aliphatic heterocycles. The lowest BCUT2D eigenvalue weighted by atomic mass is 10.0. The topological polar surface area (TPSA) is 53.7 Å². The van der Waals surface area contributed by atoms with Crippen molar-refractivity contribution < 1.29 is 14.2 Å². The van der Waals surface area contributed by atoms with Crippen LogP contribution < -0.4 is 19.9 Å². The molecular formula is C13H19NO3. The molecule has 0 aromatic heterocycles. The molecule has 1 aliphatic rings. The van der Waals surface area contributed by atoms with E-state index in [1.165, 1.54) is 0 Å². The minimum Gasteiger partial charge on any atom is -0.496 e. The molecule has 1 aromatic carbocycles. The molecule has 0 heterocycles. The largest absolute Gasteiger partial charge is 0.496 e. The van der Waals surface area contributed by atoms with Crippen molar-refractivity contribution in [2.75, 3.05) is 21.3 Å². The normalized spacial score (nSPS) is 16.5. The zero-order valence-electron chi connectivity index (χ0n) is 10.6. The number of nitrogens with two attached hydrogens (primary N) is 1. The van der Waals surface area contributed by atoms with Gasteiger partial charge in [-0.15, -0.1) is 0 Å². The van der Waals surface area contributed by atoms with Crippen molar-refractivity contribution in [1.82, 2.24) is 0 Å². The van der Waals surface area contributed by atoms with Crippen molar-refractivity contribution in [3.63, 3.8) is 0 Å². The number of methoxy groups -OCH3 is 3. The van der Waals surface area contributed by atoms with Crippen LogP contribution in [-0.2, 0) is 6.42 Å². The van der Waals surface area contributed by atoms with E-state index < -0.39 is 0 Å². The van der Waals surface area contributed by atoms with Crippen molar-refractivity contribution in [1.29, 1.82) is 0 Å². The number of hydrogen-bond acceptors (Lipinski definition) is 4. The molecule has 94 valence electrons. The number of ether oxygens (including phenoxy) is 3. The summed E-state index contributed by atoms with van der Waals surface area (Å²) in [4.78, 5) is 0. The first-order valence-corrected chi connectivity index (χ1v) is 5.69. The van der Waals surface area contributed by atoms with Gasteiger partial charge in [0, 0.05) is 23.2 Å². The number of benzene rings is 1. The van der Waals surface area contributed by atoms with Crippen LogP contribution in [0.1, 0.15) is 18.4 Å². The fourth-order valence-electron chi connectivity index (χ4n) is 1.94. The van der Waals surface area contributed by atoms with E-state index in [4.69, 9.17) is 19.9 Å². The van der Waals surface area contributed by atoms with Gasteiger partial charge in [-0.2, -0.15) is 0 Å². The third-order valence-corrected chi connectivity index (χ3v) is 3.24. The van der Waals surface area contributed by atoms with Gasteiger partial charge in [-0.25, -0.2) is 0 Å². The van der Waals surface area contributed by atoms with Crippen molar-refractivity contribution in [3.8, 4) is 17.2 Å². The van der Waals surface area contributed by atoms with Crippen LogP contribution >= 0.6 is 0 Å². The van der Waals surface area contributed by atoms with Gasteiger partial charge in [-0.3, -0.25) is 0 Å². The summed E-state index contributed by atoms with van der Waals surface area (Å²) in [6.45, 7) is 0. The van der Waals surface area contributed by atoms with Gasteiger partial charge in [-0.05, 0) is 19.3 Å². The Morgan fingerprint density at radius 1 is 1.06 bits per heavy atom. The van der Waals surface area contributed by atoms with Crippen molar-refractivity contribution in [3.05, 3.63) is 17.7 Å².